The third kappa shape index (κ3) is 5.81. The van der Waals surface area contributed by atoms with Crippen molar-refractivity contribution in [2.75, 3.05) is 26.4 Å². The first kappa shape index (κ1) is 24.1. The van der Waals surface area contributed by atoms with Crippen LogP contribution >= 0.6 is 15.9 Å². The van der Waals surface area contributed by atoms with Gasteiger partial charge in [-0.05, 0) is 87.8 Å². The number of unbranched alkanes of at least 4 members (excludes halogenated alkanes) is 1. The highest BCUT2D eigenvalue weighted by molar-refractivity contribution is 9.10. The summed E-state index contributed by atoms with van der Waals surface area (Å²) in [6.07, 6.45) is 5.53. The number of aryl methyl sites for hydroxylation is 2. The number of benzene rings is 2. The number of rotatable bonds is 9. The Morgan fingerprint density at radius 3 is 2.51 bits per heavy atom. The van der Waals surface area contributed by atoms with Crippen molar-refractivity contribution in [2.45, 2.75) is 52.1 Å². The van der Waals surface area contributed by atoms with Gasteiger partial charge >= 0.3 is 5.69 Å². The fourth-order valence-electron chi connectivity index (χ4n) is 5.08. The number of fused-ring (bicyclic) bond motifs is 1. The summed E-state index contributed by atoms with van der Waals surface area (Å²) in [6.45, 7) is 6.83. The zero-order valence-electron chi connectivity index (χ0n) is 20.3. The van der Waals surface area contributed by atoms with Gasteiger partial charge in [-0.2, -0.15) is 5.10 Å². The molecule has 0 atom stereocenters. The van der Waals surface area contributed by atoms with E-state index in [9.17, 15) is 4.79 Å². The van der Waals surface area contributed by atoms with Gasteiger partial charge in [0.15, 0.2) is 11.5 Å². The highest BCUT2D eigenvalue weighted by Gasteiger charge is 2.22. The van der Waals surface area contributed by atoms with Crippen LogP contribution in [0.5, 0.6) is 11.5 Å². The molecule has 5 rings (SSSR count). The number of aromatic nitrogens is 3. The molecule has 0 radical (unpaired) electrons. The number of ether oxygens (including phenoxy) is 2. The summed E-state index contributed by atoms with van der Waals surface area (Å²) >= 11 is 3.70. The monoisotopic (exact) mass is 540 g/mol. The molecular weight excluding hydrogens is 508 g/mol. The first-order valence-electron chi connectivity index (χ1n) is 12.6. The fraction of sp³-hybridized carbons (Fsp3) is 0.481. The van der Waals surface area contributed by atoms with Crippen molar-refractivity contribution in [1.82, 2.24) is 19.2 Å². The SMILES string of the molecule is Cc1nn(CCCCN2CCC(Cc3cc4c(cc3Br)OCO4)CC2)c(=O)n1Cc1ccccc1. The molecule has 35 heavy (non-hydrogen) atoms. The molecule has 1 fully saturated rings. The number of hydrogen-bond acceptors (Lipinski definition) is 5. The van der Waals surface area contributed by atoms with E-state index < -0.39 is 0 Å². The molecule has 1 aromatic heterocycles. The van der Waals surface area contributed by atoms with E-state index in [0.717, 1.165) is 66.3 Å². The van der Waals surface area contributed by atoms with Crippen LogP contribution in [0.25, 0.3) is 0 Å². The number of piperidine rings is 1. The van der Waals surface area contributed by atoms with E-state index in [-0.39, 0.29) is 5.69 Å². The Labute approximate surface area is 214 Å². The average molecular weight is 541 g/mol. The van der Waals surface area contributed by atoms with Crippen LogP contribution in [0.4, 0.5) is 0 Å². The zero-order chi connectivity index (χ0) is 24.2. The van der Waals surface area contributed by atoms with E-state index in [0.29, 0.717) is 25.8 Å². The van der Waals surface area contributed by atoms with E-state index >= 15 is 0 Å². The summed E-state index contributed by atoms with van der Waals surface area (Å²) in [4.78, 5) is 15.4. The highest BCUT2D eigenvalue weighted by atomic mass is 79.9. The van der Waals surface area contributed by atoms with Crippen LogP contribution in [0.1, 0.15) is 42.6 Å². The molecule has 0 amide bonds. The van der Waals surface area contributed by atoms with Crippen LogP contribution < -0.4 is 15.2 Å². The Balaban J connectivity index is 1.05. The minimum Gasteiger partial charge on any atom is -0.454 e. The molecule has 0 spiro atoms. The number of halogens is 1. The van der Waals surface area contributed by atoms with Gasteiger partial charge in [0.1, 0.15) is 5.82 Å². The molecule has 0 aliphatic carbocycles. The van der Waals surface area contributed by atoms with Gasteiger partial charge in [-0.15, -0.1) is 0 Å². The predicted molar refractivity (Wildman–Crippen MR) is 139 cm³/mol. The summed E-state index contributed by atoms with van der Waals surface area (Å²) in [5.74, 6) is 3.16. The molecule has 2 aromatic carbocycles. The van der Waals surface area contributed by atoms with Crippen molar-refractivity contribution in [3.05, 3.63) is 74.4 Å². The average Bonchev–Trinajstić information content (AvgIpc) is 3.42. The van der Waals surface area contributed by atoms with Gasteiger partial charge in [-0.3, -0.25) is 4.57 Å². The molecule has 2 aliphatic rings. The van der Waals surface area contributed by atoms with Crippen molar-refractivity contribution in [1.29, 1.82) is 0 Å². The van der Waals surface area contributed by atoms with Crippen LogP contribution in [0.2, 0.25) is 0 Å². The topological polar surface area (TPSA) is 61.5 Å². The molecule has 0 bridgehead atoms. The third-order valence-corrected chi connectivity index (χ3v) is 7.88. The second-order valence-electron chi connectivity index (χ2n) is 9.62. The zero-order valence-corrected chi connectivity index (χ0v) is 21.9. The Morgan fingerprint density at radius 1 is 1.03 bits per heavy atom. The Morgan fingerprint density at radius 2 is 1.74 bits per heavy atom. The van der Waals surface area contributed by atoms with Crippen LogP contribution in [-0.2, 0) is 19.5 Å². The minimum atomic E-state index is -0.0122. The maximum Gasteiger partial charge on any atom is 0.346 e. The van der Waals surface area contributed by atoms with E-state index in [1.807, 2.05) is 43.3 Å². The van der Waals surface area contributed by atoms with Gasteiger partial charge in [0, 0.05) is 11.0 Å². The first-order valence-corrected chi connectivity index (χ1v) is 13.3. The maximum absolute atomic E-state index is 12.8. The van der Waals surface area contributed by atoms with Crippen molar-refractivity contribution in [3.63, 3.8) is 0 Å². The van der Waals surface area contributed by atoms with Gasteiger partial charge in [0.05, 0.1) is 6.54 Å². The van der Waals surface area contributed by atoms with E-state index in [2.05, 4.69) is 32.0 Å². The van der Waals surface area contributed by atoms with Gasteiger partial charge in [-0.1, -0.05) is 46.3 Å². The molecule has 3 heterocycles. The molecule has 0 unspecified atom stereocenters. The largest absolute Gasteiger partial charge is 0.454 e. The number of nitrogens with zero attached hydrogens (tertiary/aromatic N) is 4. The van der Waals surface area contributed by atoms with Gasteiger partial charge in [0.2, 0.25) is 6.79 Å². The lowest BCUT2D eigenvalue weighted by molar-refractivity contribution is 0.173. The minimum absolute atomic E-state index is 0.0122. The summed E-state index contributed by atoms with van der Waals surface area (Å²) in [5, 5.41) is 4.50. The quantitative estimate of drug-likeness (QED) is 0.370. The Kier molecular flexibility index (Phi) is 7.58. The molecule has 7 nitrogen and oxygen atoms in total. The fourth-order valence-corrected chi connectivity index (χ4v) is 5.56. The highest BCUT2D eigenvalue weighted by Crippen LogP contribution is 2.38. The Bertz CT molecular complexity index is 1200. The second kappa shape index (κ2) is 11.0. The number of likely N-dealkylation sites (tertiary alicyclic amines) is 1. The maximum atomic E-state index is 12.8. The summed E-state index contributed by atoms with van der Waals surface area (Å²) in [7, 11) is 0. The van der Waals surface area contributed by atoms with Crippen LogP contribution in [0.15, 0.2) is 51.7 Å². The summed E-state index contributed by atoms with van der Waals surface area (Å²) < 4.78 is 15.5. The molecular formula is C27H33BrN4O3. The molecule has 0 N–H and O–H groups in total. The molecule has 1 saturated heterocycles. The lowest BCUT2D eigenvalue weighted by Crippen LogP contribution is -2.35. The van der Waals surface area contributed by atoms with Crippen molar-refractivity contribution in [3.8, 4) is 11.5 Å². The molecule has 3 aromatic rings. The van der Waals surface area contributed by atoms with Gasteiger partial charge < -0.3 is 14.4 Å². The standard InChI is InChI=1S/C27H33BrN4O3/c1-20-29-32(27(33)31(20)18-22-7-3-2-4-8-22)12-6-5-11-30-13-9-21(10-14-30)15-23-16-25-26(17-24(23)28)35-19-34-25/h2-4,7-8,16-17,21H,5-6,9-15,18-19H2,1H3. The van der Waals surface area contributed by atoms with Crippen LogP contribution in [-0.4, -0.2) is 45.7 Å². The first-order chi connectivity index (χ1) is 17.1. The smallest absolute Gasteiger partial charge is 0.346 e. The lowest BCUT2D eigenvalue weighted by Gasteiger charge is -2.32. The van der Waals surface area contributed by atoms with Crippen LogP contribution in [0.3, 0.4) is 0 Å². The lowest BCUT2D eigenvalue weighted by atomic mass is 9.90. The van der Waals surface area contributed by atoms with Crippen LogP contribution in [0, 0.1) is 12.8 Å². The van der Waals surface area contributed by atoms with Gasteiger partial charge in [-0.25, -0.2) is 9.48 Å². The number of hydrogen-bond donors (Lipinski definition) is 0. The predicted octanol–water partition coefficient (Wildman–Crippen LogP) is 4.63. The van der Waals surface area contributed by atoms with E-state index in [4.69, 9.17) is 9.47 Å². The molecule has 2 aliphatic heterocycles. The van der Waals surface area contributed by atoms with Crippen molar-refractivity contribution < 1.29 is 9.47 Å². The molecule has 0 saturated carbocycles. The Hall–Kier alpha value is -2.58. The van der Waals surface area contributed by atoms with Crippen molar-refractivity contribution in [2.24, 2.45) is 5.92 Å². The third-order valence-electron chi connectivity index (χ3n) is 7.14. The molecule has 186 valence electrons. The normalized spacial score (nSPS) is 16.2. The molecule has 8 heteroatoms. The van der Waals surface area contributed by atoms with E-state index in [1.165, 1.54) is 18.4 Å². The summed E-state index contributed by atoms with van der Waals surface area (Å²) in [5.41, 5.74) is 2.41. The van der Waals surface area contributed by atoms with E-state index in [1.54, 1.807) is 9.25 Å². The second-order valence-corrected chi connectivity index (χ2v) is 10.5. The summed E-state index contributed by atoms with van der Waals surface area (Å²) in [6, 6.07) is 14.2. The van der Waals surface area contributed by atoms with Crippen molar-refractivity contribution >= 4 is 15.9 Å². The van der Waals surface area contributed by atoms with Gasteiger partial charge in [0.25, 0.3) is 0 Å².